The van der Waals surface area contributed by atoms with Gasteiger partial charge in [-0.25, -0.2) is 9.67 Å². The third-order valence-corrected chi connectivity index (χ3v) is 7.60. The van der Waals surface area contributed by atoms with Crippen LogP contribution in [0.3, 0.4) is 0 Å². The number of carbonyl (C=O) groups is 5. The molecule has 1 aliphatic rings. The molecule has 250 valence electrons. The van der Waals surface area contributed by atoms with Crippen molar-refractivity contribution in [2.24, 2.45) is 5.92 Å². The Balaban J connectivity index is 1.60. The Morgan fingerprint density at radius 2 is 1.62 bits per heavy atom. The summed E-state index contributed by atoms with van der Waals surface area (Å²) in [4.78, 5) is 76.1. The topological polar surface area (TPSA) is 180 Å². The highest BCUT2D eigenvalue weighted by atomic mass is 16.2. The van der Waals surface area contributed by atoms with Crippen LogP contribution in [0.2, 0.25) is 0 Å². The lowest BCUT2D eigenvalue weighted by Crippen LogP contribution is -2.54. The van der Waals surface area contributed by atoms with Gasteiger partial charge in [0.1, 0.15) is 24.5 Å². The van der Waals surface area contributed by atoms with Crippen LogP contribution < -0.4 is 21.3 Å². The molecule has 14 heteroatoms. The summed E-state index contributed by atoms with van der Waals surface area (Å²) in [5.74, 6) is -1.30. The summed E-state index contributed by atoms with van der Waals surface area (Å²) in [6.07, 6.45) is 3.95. The molecule has 47 heavy (non-hydrogen) atoms. The van der Waals surface area contributed by atoms with Crippen molar-refractivity contribution >= 4 is 29.5 Å². The van der Waals surface area contributed by atoms with Gasteiger partial charge in [-0.1, -0.05) is 44.2 Å². The molecule has 0 fully saturated rings. The zero-order chi connectivity index (χ0) is 33.9. The van der Waals surface area contributed by atoms with Crippen molar-refractivity contribution in [3.05, 3.63) is 66.2 Å². The summed E-state index contributed by atoms with van der Waals surface area (Å²) in [5.41, 5.74) is 1.49. The minimum atomic E-state index is -0.975. The molecule has 1 aliphatic heterocycles. The molecule has 0 bridgehead atoms. The van der Waals surface area contributed by atoms with Gasteiger partial charge < -0.3 is 26.2 Å². The summed E-state index contributed by atoms with van der Waals surface area (Å²) < 4.78 is 1.46. The highest BCUT2D eigenvalue weighted by Gasteiger charge is 2.29. The SMILES string of the molecule is CC(C)C[C@H]1NC(=O)[C@@H](C)NC(=O)CN(C(=O)Cc2ccncc2)CCCNC(=O)Cn2nc(-c3ccccc3)nc2[C@H](C)NC1=O. The number of benzene rings is 1. The lowest BCUT2D eigenvalue weighted by molar-refractivity contribution is -0.137. The molecule has 3 atom stereocenters. The number of hydrogen-bond donors (Lipinski definition) is 4. The summed E-state index contributed by atoms with van der Waals surface area (Å²) >= 11 is 0. The number of amides is 5. The molecule has 1 aromatic carbocycles. The molecular weight excluding hydrogens is 602 g/mol. The van der Waals surface area contributed by atoms with Gasteiger partial charge in [0, 0.05) is 31.0 Å². The van der Waals surface area contributed by atoms with E-state index < -0.39 is 35.8 Å². The van der Waals surface area contributed by atoms with Crippen molar-refractivity contribution < 1.29 is 24.0 Å². The number of nitrogens with one attached hydrogen (secondary N) is 4. The Morgan fingerprint density at radius 1 is 0.894 bits per heavy atom. The van der Waals surface area contributed by atoms with E-state index in [0.717, 1.165) is 11.1 Å². The van der Waals surface area contributed by atoms with E-state index >= 15 is 0 Å². The first-order chi connectivity index (χ1) is 22.5. The van der Waals surface area contributed by atoms with Gasteiger partial charge in [-0.05, 0) is 50.3 Å². The molecule has 0 saturated heterocycles. The van der Waals surface area contributed by atoms with Crippen molar-refractivity contribution in [3.63, 3.8) is 0 Å². The smallest absolute Gasteiger partial charge is 0.243 e. The van der Waals surface area contributed by atoms with Crippen molar-refractivity contribution in [1.29, 1.82) is 0 Å². The quantitative estimate of drug-likeness (QED) is 0.319. The third kappa shape index (κ3) is 10.2. The number of nitrogens with zero attached hydrogens (tertiary/aromatic N) is 5. The first kappa shape index (κ1) is 34.7. The zero-order valence-corrected chi connectivity index (χ0v) is 27.2. The van der Waals surface area contributed by atoms with E-state index in [4.69, 9.17) is 0 Å². The second kappa shape index (κ2) is 16.4. The van der Waals surface area contributed by atoms with E-state index in [1.54, 1.807) is 31.5 Å². The Morgan fingerprint density at radius 3 is 2.32 bits per heavy atom. The fourth-order valence-electron chi connectivity index (χ4n) is 5.17. The number of carbonyl (C=O) groups excluding carboxylic acids is 5. The van der Waals surface area contributed by atoms with Crippen LogP contribution >= 0.6 is 0 Å². The number of hydrogen-bond acceptors (Lipinski definition) is 8. The molecule has 4 rings (SSSR count). The molecule has 2 aromatic heterocycles. The standard InChI is InChI=1S/C33H43N9O5/c1-21(2)17-26-33(47)37-22(3)31-39-30(25-9-6-5-7-10-25)40-42(31)20-27(43)35-13-8-16-41(19-28(44)36-23(4)32(46)38-26)29(45)18-24-11-14-34-15-12-24/h5-7,9-12,14-15,21-23,26H,8,13,16-20H2,1-4H3,(H,35,43)(H,36,44)(H,37,47)(H,38,46)/t22-,23+,26+/m0/s1. The number of aromatic nitrogens is 4. The highest BCUT2D eigenvalue weighted by Crippen LogP contribution is 2.19. The Hall–Kier alpha value is -5.14. The monoisotopic (exact) mass is 645 g/mol. The molecule has 0 saturated carbocycles. The molecule has 3 aromatic rings. The molecule has 0 radical (unpaired) electrons. The van der Waals surface area contributed by atoms with Crippen molar-refractivity contribution in [2.45, 2.75) is 71.6 Å². The van der Waals surface area contributed by atoms with E-state index in [9.17, 15) is 24.0 Å². The van der Waals surface area contributed by atoms with E-state index in [2.05, 4.69) is 36.3 Å². The number of rotatable bonds is 5. The number of pyridine rings is 1. The molecule has 5 amide bonds. The molecule has 0 aliphatic carbocycles. The van der Waals surface area contributed by atoms with Crippen LogP contribution in [0.5, 0.6) is 0 Å². The maximum absolute atomic E-state index is 13.5. The van der Waals surface area contributed by atoms with Crippen molar-refractivity contribution in [1.82, 2.24) is 45.9 Å². The maximum Gasteiger partial charge on any atom is 0.243 e. The highest BCUT2D eigenvalue weighted by molar-refractivity contribution is 5.93. The summed E-state index contributed by atoms with van der Waals surface area (Å²) in [6, 6.07) is 10.2. The average molecular weight is 646 g/mol. The molecular formula is C33H43N9O5. The van der Waals surface area contributed by atoms with E-state index in [0.29, 0.717) is 24.5 Å². The van der Waals surface area contributed by atoms with Crippen molar-refractivity contribution in [2.75, 3.05) is 19.6 Å². The minimum Gasteiger partial charge on any atom is -0.354 e. The average Bonchev–Trinajstić information content (AvgIpc) is 3.46. The fourth-order valence-corrected chi connectivity index (χ4v) is 5.17. The predicted molar refractivity (Wildman–Crippen MR) is 173 cm³/mol. The van der Waals surface area contributed by atoms with Gasteiger partial charge in [-0.2, -0.15) is 5.10 Å². The molecule has 14 nitrogen and oxygen atoms in total. The van der Waals surface area contributed by atoms with Gasteiger partial charge in [-0.3, -0.25) is 29.0 Å². The lowest BCUT2D eigenvalue weighted by atomic mass is 10.0. The normalized spacial score (nSPS) is 20.5. The summed E-state index contributed by atoms with van der Waals surface area (Å²) in [6.45, 7) is 7.10. The van der Waals surface area contributed by atoms with Crippen LogP contribution in [0.15, 0.2) is 54.9 Å². The van der Waals surface area contributed by atoms with Gasteiger partial charge in [0.25, 0.3) is 0 Å². The van der Waals surface area contributed by atoms with E-state index in [1.807, 2.05) is 44.2 Å². The summed E-state index contributed by atoms with van der Waals surface area (Å²) in [5, 5.41) is 15.8. The zero-order valence-electron chi connectivity index (χ0n) is 27.2. The van der Waals surface area contributed by atoms with Crippen LogP contribution in [-0.2, 0) is 36.9 Å². The lowest BCUT2D eigenvalue weighted by Gasteiger charge is -2.25. The third-order valence-electron chi connectivity index (χ3n) is 7.60. The minimum absolute atomic E-state index is 0.0567. The van der Waals surface area contributed by atoms with E-state index in [1.165, 1.54) is 16.5 Å². The second-order valence-corrected chi connectivity index (χ2v) is 12.1. The second-order valence-electron chi connectivity index (χ2n) is 12.1. The van der Waals surface area contributed by atoms with Crippen LogP contribution in [0.25, 0.3) is 11.4 Å². The first-order valence-corrected chi connectivity index (χ1v) is 15.8. The van der Waals surface area contributed by atoms with Crippen LogP contribution in [0.4, 0.5) is 0 Å². The van der Waals surface area contributed by atoms with Gasteiger partial charge in [0.2, 0.25) is 29.5 Å². The van der Waals surface area contributed by atoms with Crippen LogP contribution in [0, 0.1) is 5.92 Å². The van der Waals surface area contributed by atoms with Gasteiger partial charge >= 0.3 is 0 Å². The van der Waals surface area contributed by atoms with E-state index in [-0.39, 0.29) is 50.3 Å². The van der Waals surface area contributed by atoms with Gasteiger partial charge in [-0.15, -0.1) is 0 Å². The Labute approximate surface area is 274 Å². The number of fused-ring (bicyclic) bond motifs is 1. The largest absolute Gasteiger partial charge is 0.354 e. The van der Waals surface area contributed by atoms with Gasteiger partial charge in [0.15, 0.2) is 5.82 Å². The van der Waals surface area contributed by atoms with Crippen LogP contribution in [-0.4, -0.2) is 85.9 Å². The Bertz CT molecular complexity index is 1540. The summed E-state index contributed by atoms with van der Waals surface area (Å²) in [7, 11) is 0. The predicted octanol–water partition coefficient (Wildman–Crippen LogP) is 1.14. The molecule has 4 N–H and O–H groups in total. The maximum atomic E-state index is 13.5. The Kier molecular flexibility index (Phi) is 12.1. The molecule has 3 heterocycles. The molecule has 0 spiro atoms. The molecule has 0 unspecified atom stereocenters. The van der Waals surface area contributed by atoms with Crippen LogP contribution in [0.1, 0.15) is 58.0 Å². The van der Waals surface area contributed by atoms with Gasteiger partial charge in [0.05, 0.1) is 19.0 Å². The first-order valence-electron chi connectivity index (χ1n) is 15.8. The fraction of sp³-hybridized carbons (Fsp3) is 0.455. The van der Waals surface area contributed by atoms with Crippen molar-refractivity contribution in [3.8, 4) is 11.4 Å².